The highest BCUT2D eigenvalue weighted by molar-refractivity contribution is 8.00. The molecule has 2 heterocycles. The van der Waals surface area contributed by atoms with Crippen molar-refractivity contribution >= 4 is 33.4 Å². The summed E-state index contributed by atoms with van der Waals surface area (Å²) < 4.78 is 7.33. The van der Waals surface area contributed by atoms with Crippen molar-refractivity contribution < 1.29 is 4.74 Å². The minimum atomic E-state index is 0.536. The number of methoxy groups -OCH3 is 1. The van der Waals surface area contributed by atoms with E-state index in [4.69, 9.17) is 4.74 Å². The fraction of sp³-hybridized carbons (Fsp3) is 0.545. The zero-order valence-electron chi connectivity index (χ0n) is 9.77. The van der Waals surface area contributed by atoms with Gasteiger partial charge in [-0.3, -0.25) is 0 Å². The van der Waals surface area contributed by atoms with E-state index in [1.54, 1.807) is 30.2 Å². The van der Waals surface area contributed by atoms with Gasteiger partial charge in [0.05, 0.1) is 17.0 Å². The Bertz CT molecular complexity index is 551. The average Bonchev–Trinajstić information content (AvgIpc) is 3.09. The van der Waals surface area contributed by atoms with Crippen molar-refractivity contribution in [3.63, 3.8) is 0 Å². The molecule has 6 heteroatoms. The second-order valence-corrected chi connectivity index (χ2v) is 6.12. The van der Waals surface area contributed by atoms with Crippen molar-refractivity contribution in [1.29, 1.82) is 0 Å². The van der Waals surface area contributed by atoms with E-state index in [0.717, 1.165) is 26.2 Å². The van der Waals surface area contributed by atoms with Gasteiger partial charge in [-0.05, 0) is 19.1 Å². The maximum Gasteiger partial charge on any atom is 0.175 e. The minimum absolute atomic E-state index is 0.536. The fourth-order valence-electron chi connectivity index (χ4n) is 1.73. The molecule has 0 spiro atoms. The summed E-state index contributed by atoms with van der Waals surface area (Å²) in [6, 6.07) is 0. The van der Waals surface area contributed by atoms with Crippen molar-refractivity contribution in [3.8, 4) is 0 Å². The molecule has 3 rings (SSSR count). The Hall–Kier alpha value is -0.720. The van der Waals surface area contributed by atoms with E-state index in [-0.39, 0.29) is 0 Å². The number of thiazole rings is 1. The zero-order valence-corrected chi connectivity index (χ0v) is 11.4. The topological polar surface area (TPSA) is 47.9 Å². The van der Waals surface area contributed by atoms with Gasteiger partial charge in [0.25, 0.3) is 0 Å². The van der Waals surface area contributed by atoms with Gasteiger partial charge in [0, 0.05) is 13.0 Å². The molecule has 0 radical (unpaired) electrons. The summed E-state index contributed by atoms with van der Waals surface area (Å²) in [5.41, 5.74) is 1.82. The molecule has 0 unspecified atom stereocenters. The molecule has 1 aliphatic carbocycles. The molecule has 4 nitrogen and oxygen atoms in total. The fourth-order valence-corrected chi connectivity index (χ4v) is 3.20. The van der Waals surface area contributed by atoms with E-state index >= 15 is 0 Å². The molecular weight excluding hydrogens is 254 g/mol. The van der Waals surface area contributed by atoms with Gasteiger partial charge in [0.1, 0.15) is 5.82 Å². The standard InChI is InChI=1S/C11H13N3OS2/c1-15-5-7-8-10(14-11(16-2)17-8)13-9(12-7)6-3-4-6/h6H,3-5H2,1-2H3. The summed E-state index contributed by atoms with van der Waals surface area (Å²) in [6.45, 7) is 0.536. The first kappa shape index (κ1) is 11.4. The third kappa shape index (κ3) is 2.17. The van der Waals surface area contributed by atoms with E-state index in [1.807, 2.05) is 6.26 Å². The smallest absolute Gasteiger partial charge is 0.175 e. The monoisotopic (exact) mass is 267 g/mol. The summed E-state index contributed by atoms with van der Waals surface area (Å²) in [6.07, 6.45) is 4.44. The van der Waals surface area contributed by atoms with E-state index in [2.05, 4.69) is 15.0 Å². The normalized spacial score (nSPS) is 15.6. The first-order valence-corrected chi connectivity index (χ1v) is 7.56. The van der Waals surface area contributed by atoms with E-state index in [0.29, 0.717) is 12.5 Å². The van der Waals surface area contributed by atoms with Crippen LogP contribution in [0.3, 0.4) is 0 Å². The number of nitrogens with zero attached hydrogens (tertiary/aromatic N) is 3. The molecule has 0 aliphatic heterocycles. The second-order valence-electron chi connectivity index (χ2n) is 4.07. The number of hydrogen-bond acceptors (Lipinski definition) is 6. The number of aromatic nitrogens is 3. The predicted molar refractivity (Wildman–Crippen MR) is 69.7 cm³/mol. The molecule has 0 atom stereocenters. The summed E-state index contributed by atoms with van der Waals surface area (Å²) in [7, 11) is 1.70. The molecule has 0 N–H and O–H groups in total. The van der Waals surface area contributed by atoms with E-state index < -0.39 is 0 Å². The molecule has 0 aromatic carbocycles. The average molecular weight is 267 g/mol. The van der Waals surface area contributed by atoms with Crippen LogP contribution in [0.15, 0.2) is 4.34 Å². The molecule has 17 heavy (non-hydrogen) atoms. The van der Waals surface area contributed by atoms with Gasteiger partial charge in [-0.15, -0.1) is 11.3 Å². The lowest BCUT2D eigenvalue weighted by Crippen LogP contribution is -2.00. The molecule has 2 aromatic heterocycles. The highest BCUT2D eigenvalue weighted by atomic mass is 32.2. The largest absolute Gasteiger partial charge is 0.378 e. The maximum absolute atomic E-state index is 5.22. The molecule has 0 bridgehead atoms. The Morgan fingerprint density at radius 3 is 2.82 bits per heavy atom. The number of hydrogen-bond donors (Lipinski definition) is 0. The van der Waals surface area contributed by atoms with Crippen LogP contribution in [0, 0.1) is 0 Å². The summed E-state index contributed by atoms with van der Waals surface area (Å²) in [5.74, 6) is 1.50. The van der Waals surface area contributed by atoms with Crippen LogP contribution in [0.1, 0.15) is 30.3 Å². The SMILES string of the molecule is COCc1nc(C2CC2)nc2nc(SC)sc12. The summed E-state index contributed by atoms with van der Waals surface area (Å²) in [4.78, 5) is 13.7. The van der Waals surface area contributed by atoms with E-state index in [9.17, 15) is 0 Å². The molecular formula is C11H13N3OS2. The molecule has 1 fully saturated rings. The van der Waals surface area contributed by atoms with Gasteiger partial charge < -0.3 is 4.74 Å². The van der Waals surface area contributed by atoms with Gasteiger partial charge >= 0.3 is 0 Å². The van der Waals surface area contributed by atoms with Crippen LogP contribution >= 0.6 is 23.1 Å². The predicted octanol–water partition coefficient (Wildman–Crippen LogP) is 2.83. The highest BCUT2D eigenvalue weighted by Gasteiger charge is 2.28. The van der Waals surface area contributed by atoms with Gasteiger partial charge in [-0.2, -0.15) is 0 Å². The molecule has 1 aliphatic rings. The van der Waals surface area contributed by atoms with Crippen LogP contribution in [0.5, 0.6) is 0 Å². The van der Waals surface area contributed by atoms with Crippen molar-refractivity contribution in [3.05, 3.63) is 11.5 Å². The Labute approximate surface area is 108 Å². The third-order valence-electron chi connectivity index (χ3n) is 2.72. The molecule has 0 amide bonds. The Morgan fingerprint density at radius 2 is 2.18 bits per heavy atom. The van der Waals surface area contributed by atoms with Crippen molar-refractivity contribution in [2.75, 3.05) is 13.4 Å². The van der Waals surface area contributed by atoms with Crippen molar-refractivity contribution in [2.45, 2.75) is 29.7 Å². The van der Waals surface area contributed by atoms with Crippen LogP contribution < -0.4 is 0 Å². The van der Waals surface area contributed by atoms with Crippen LogP contribution in [0.25, 0.3) is 10.3 Å². The first-order chi connectivity index (χ1) is 8.31. The lowest BCUT2D eigenvalue weighted by molar-refractivity contribution is 0.182. The van der Waals surface area contributed by atoms with Gasteiger partial charge in [-0.25, -0.2) is 15.0 Å². The zero-order chi connectivity index (χ0) is 11.8. The molecule has 2 aromatic rings. The van der Waals surface area contributed by atoms with Crippen LogP contribution in [-0.2, 0) is 11.3 Å². The number of fused-ring (bicyclic) bond motifs is 1. The Balaban J connectivity index is 2.14. The Kier molecular flexibility index (Phi) is 3.02. The van der Waals surface area contributed by atoms with Gasteiger partial charge in [-0.1, -0.05) is 11.8 Å². The van der Waals surface area contributed by atoms with Gasteiger partial charge in [0.15, 0.2) is 9.99 Å². The number of thioether (sulfide) groups is 1. The Morgan fingerprint density at radius 1 is 1.35 bits per heavy atom. The van der Waals surface area contributed by atoms with Crippen LogP contribution in [-0.4, -0.2) is 28.3 Å². The quantitative estimate of drug-likeness (QED) is 0.797. The third-order valence-corrected chi connectivity index (χ3v) is 4.80. The number of ether oxygens (including phenoxy) is 1. The van der Waals surface area contributed by atoms with Crippen LogP contribution in [0.4, 0.5) is 0 Å². The molecule has 1 saturated carbocycles. The maximum atomic E-state index is 5.22. The van der Waals surface area contributed by atoms with Gasteiger partial charge in [0.2, 0.25) is 0 Å². The van der Waals surface area contributed by atoms with E-state index in [1.165, 1.54) is 12.8 Å². The van der Waals surface area contributed by atoms with Crippen molar-refractivity contribution in [1.82, 2.24) is 15.0 Å². The number of rotatable bonds is 4. The van der Waals surface area contributed by atoms with Crippen LogP contribution in [0.2, 0.25) is 0 Å². The summed E-state index contributed by atoms with van der Waals surface area (Å²) >= 11 is 3.30. The second kappa shape index (κ2) is 4.51. The minimum Gasteiger partial charge on any atom is -0.378 e. The van der Waals surface area contributed by atoms with Crippen molar-refractivity contribution in [2.24, 2.45) is 0 Å². The summed E-state index contributed by atoms with van der Waals surface area (Å²) in [5, 5.41) is 0. The lowest BCUT2D eigenvalue weighted by Gasteiger charge is -2.02. The molecule has 0 saturated heterocycles. The first-order valence-electron chi connectivity index (χ1n) is 5.52. The molecule has 90 valence electrons. The lowest BCUT2D eigenvalue weighted by atomic mass is 10.3. The highest BCUT2D eigenvalue weighted by Crippen LogP contribution is 2.39.